The molecule has 0 aliphatic carbocycles. The molecule has 0 aliphatic rings. The number of hydrogen-bond donors (Lipinski definition) is 2. The van der Waals surface area contributed by atoms with Crippen LogP contribution in [0.25, 0.3) is 22.8 Å². The highest BCUT2D eigenvalue weighted by atomic mass is 79.9. The van der Waals surface area contributed by atoms with Crippen molar-refractivity contribution in [3.8, 4) is 45.8 Å². The number of phenols is 2. The van der Waals surface area contributed by atoms with E-state index in [1.54, 1.807) is 0 Å². The molecule has 2 unspecified atom stereocenters. The second-order valence-corrected chi connectivity index (χ2v) is 7.89. The van der Waals surface area contributed by atoms with E-state index in [9.17, 15) is 19.8 Å². The van der Waals surface area contributed by atoms with Crippen LogP contribution >= 0.6 is 15.9 Å². The number of carbonyl (C=O) groups excluding carboxylic acids is 2. The molecule has 35 heavy (non-hydrogen) atoms. The third kappa shape index (κ3) is 6.15. The highest BCUT2D eigenvalue weighted by Gasteiger charge is 2.19. The molecule has 184 valence electrons. The number of hydrogen-bond acceptors (Lipinski definition) is 11. The fourth-order valence-corrected chi connectivity index (χ4v) is 3.31. The molecule has 3 rings (SSSR count). The number of halogens is 1. The minimum atomic E-state index is -0.867. The highest BCUT2D eigenvalue weighted by molar-refractivity contribution is 9.10. The molecular weight excluding hydrogens is 526 g/mol. The van der Waals surface area contributed by atoms with Gasteiger partial charge >= 0.3 is 11.9 Å². The van der Waals surface area contributed by atoms with Gasteiger partial charge in [-0.3, -0.25) is 0 Å². The molecule has 0 aliphatic heterocycles. The van der Waals surface area contributed by atoms with Gasteiger partial charge in [-0.05, 0) is 54.0 Å². The van der Waals surface area contributed by atoms with Crippen molar-refractivity contribution < 1.29 is 38.7 Å². The number of ether oxygens (including phenoxy) is 4. The molecule has 0 amide bonds. The number of aromatic hydroxyl groups is 2. The molecule has 2 aromatic carbocycles. The number of aromatic nitrogens is 3. The van der Waals surface area contributed by atoms with Crippen LogP contribution in [0.15, 0.2) is 41.1 Å². The standard InChI is InChI=1S/C23H22BrN3O8/c1-11(21(30)32-3)34-13-5-7-15(17(28)9-13)19-25-20(27-23(24)26-19)16-8-6-14(10-18(16)29)35-12(2)22(31)33-4/h5-12,28-29H,1-4H3. The summed E-state index contributed by atoms with van der Waals surface area (Å²) >= 11 is 3.22. The Hall–Kier alpha value is -3.93. The molecule has 12 heteroatoms. The molecule has 0 saturated carbocycles. The lowest BCUT2D eigenvalue weighted by Gasteiger charge is -2.14. The number of phenolic OH excluding ortho intramolecular Hbond substituents is 2. The number of benzene rings is 2. The van der Waals surface area contributed by atoms with Gasteiger partial charge in [-0.2, -0.15) is 0 Å². The van der Waals surface area contributed by atoms with Crippen molar-refractivity contribution in [3.05, 3.63) is 41.1 Å². The first kappa shape index (κ1) is 25.7. The first-order valence-electron chi connectivity index (χ1n) is 10.2. The summed E-state index contributed by atoms with van der Waals surface area (Å²) in [6.07, 6.45) is -1.73. The summed E-state index contributed by atoms with van der Waals surface area (Å²) in [5, 5.41) is 21.1. The van der Waals surface area contributed by atoms with Gasteiger partial charge in [0.1, 0.15) is 23.0 Å². The molecule has 11 nitrogen and oxygen atoms in total. The molecule has 1 aromatic heterocycles. The molecule has 3 aromatic rings. The summed E-state index contributed by atoms with van der Waals surface area (Å²) < 4.78 is 20.3. The number of rotatable bonds is 8. The lowest BCUT2D eigenvalue weighted by Crippen LogP contribution is -2.24. The Balaban J connectivity index is 1.89. The van der Waals surface area contributed by atoms with Crippen molar-refractivity contribution in [2.24, 2.45) is 0 Å². The van der Waals surface area contributed by atoms with Crippen molar-refractivity contribution in [3.63, 3.8) is 0 Å². The summed E-state index contributed by atoms with van der Waals surface area (Å²) in [4.78, 5) is 35.9. The molecule has 0 bridgehead atoms. The van der Waals surface area contributed by atoms with Crippen LogP contribution < -0.4 is 9.47 Å². The van der Waals surface area contributed by atoms with Crippen LogP contribution in [0.1, 0.15) is 13.8 Å². The Morgan fingerprint density at radius 2 is 1.17 bits per heavy atom. The normalized spacial score (nSPS) is 12.4. The Labute approximate surface area is 208 Å². The minimum Gasteiger partial charge on any atom is -0.507 e. The lowest BCUT2D eigenvalue weighted by molar-refractivity contribution is -0.148. The lowest BCUT2D eigenvalue weighted by atomic mass is 10.1. The number of esters is 2. The zero-order chi connectivity index (χ0) is 25.7. The highest BCUT2D eigenvalue weighted by Crippen LogP contribution is 2.35. The maximum Gasteiger partial charge on any atom is 0.346 e. The van der Waals surface area contributed by atoms with E-state index in [0.29, 0.717) is 0 Å². The van der Waals surface area contributed by atoms with Gasteiger partial charge in [0.2, 0.25) is 4.73 Å². The Morgan fingerprint density at radius 1 is 0.771 bits per heavy atom. The predicted octanol–water partition coefficient (Wildman–Crippen LogP) is 3.26. The van der Waals surface area contributed by atoms with Crippen molar-refractivity contribution in [2.45, 2.75) is 26.1 Å². The average molecular weight is 548 g/mol. The average Bonchev–Trinajstić information content (AvgIpc) is 2.82. The third-order valence-electron chi connectivity index (χ3n) is 4.72. The van der Waals surface area contributed by atoms with E-state index in [-0.39, 0.29) is 50.5 Å². The van der Waals surface area contributed by atoms with E-state index < -0.39 is 24.1 Å². The van der Waals surface area contributed by atoms with Crippen molar-refractivity contribution in [1.29, 1.82) is 0 Å². The van der Waals surface area contributed by atoms with Gasteiger partial charge in [-0.1, -0.05) is 0 Å². The topological polar surface area (TPSA) is 150 Å². The van der Waals surface area contributed by atoms with Gasteiger partial charge in [0.15, 0.2) is 23.9 Å². The first-order valence-corrected chi connectivity index (χ1v) is 11.0. The predicted molar refractivity (Wildman–Crippen MR) is 126 cm³/mol. The Morgan fingerprint density at radius 3 is 1.51 bits per heavy atom. The van der Waals surface area contributed by atoms with Crippen molar-refractivity contribution >= 4 is 27.9 Å². The van der Waals surface area contributed by atoms with E-state index >= 15 is 0 Å². The zero-order valence-corrected chi connectivity index (χ0v) is 20.8. The quantitative estimate of drug-likeness (QED) is 0.399. The zero-order valence-electron chi connectivity index (χ0n) is 19.2. The minimum absolute atomic E-state index is 0.117. The number of methoxy groups -OCH3 is 2. The van der Waals surface area contributed by atoms with Crippen LogP contribution in [-0.4, -0.2) is 63.5 Å². The van der Waals surface area contributed by atoms with Crippen LogP contribution in [0.3, 0.4) is 0 Å². The molecule has 0 spiro atoms. The number of nitrogens with zero attached hydrogens (tertiary/aromatic N) is 3. The fraction of sp³-hybridized carbons (Fsp3) is 0.261. The van der Waals surface area contributed by atoms with Gasteiger partial charge in [-0.25, -0.2) is 24.5 Å². The summed E-state index contributed by atoms with van der Waals surface area (Å²) in [6, 6.07) is 8.75. The summed E-state index contributed by atoms with van der Waals surface area (Å²) in [5.74, 6) is -0.802. The third-order valence-corrected chi connectivity index (χ3v) is 5.07. The molecule has 0 radical (unpaired) electrons. The first-order chi connectivity index (χ1) is 16.6. The van der Waals surface area contributed by atoms with E-state index in [1.807, 2.05) is 0 Å². The monoisotopic (exact) mass is 547 g/mol. The van der Waals surface area contributed by atoms with E-state index in [0.717, 1.165) is 0 Å². The SMILES string of the molecule is COC(=O)C(C)Oc1ccc(-c2nc(Br)nc(-c3ccc(OC(C)C(=O)OC)cc3O)n2)c(O)c1. The molecule has 0 fully saturated rings. The molecule has 2 atom stereocenters. The van der Waals surface area contributed by atoms with Crippen LogP contribution in [0.2, 0.25) is 0 Å². The van der Waals surface area contributed by atoms with E-state index in [1.165, 1.54) is 64.5 Å². The smallest absolute Gasteiger partial charge is 0.346 e. The van der Waals surface area contributed by atoms with Crippen molar-refractivity contribution in [2.75, 3.05) is 14.2 Å². The summed E-state index contributed by atoms with van der Waals surface area (Å²) in [7, 11) is 2.50. The Bertz CT molecular complexity index is 1160. The van der Waals surface area contributed by atoms with E-state index in [2.05, 4.69) is 40.4 Å². The van der Waals surface area contributed by atoms with Gasteiger partial charge in [0.05, 0.1) is 25.3 Å². The van der Waals surface area contributed by atoms with Gasteiger partial charge in [-0.15, -0.1) is 0 Å². The second kappa shape index (κ2) is 11.0. The maximum atomic E-state index is 11.6. The van der Waals surface area contributed by atoms with Crippen LogP contribution in [0.5, 0.6) is 23.0 Å². The van der Waals surface area contributed by atoms with Crippen LogP contribution in [-0.2, 0) is 19.1 Å². The van der Waals surface area contributed by atoms with Gasteiger partial charge < -0.3 is 29.2 Å². The summed E-state index contributed by atoms with van der Waals surface area (Å²) in [6.45, 7) is 3.04. The van der Waals surface area contributed by atoms with Crippen LogP contribution in [0.4, 0.5) is 0 Å². The summed E-state index contributed by atoms with van der Waals surface area (Å²) in [5.41, 5.74) is 0.525. The van der Waals surface area contributed by atoms with Crippen LogP contribution in [0, 0.1) is 0 Å². The Kier molecular flexibility index (Phi) is 8.07. The molecule has 2 N–H and O–H groups in total. The van der Waals surface area contributed by atoms with E-state index in [4.69, 9.17) is 9.47 Å². The molecule has 0 saturated heterocycles. The van der Waals surface area contributed by atoms with Gasteiger partial charge in [0, 0.05) is 12.1 Å². The fourth-order valence-electron chi connectivity index (χ4n) is 2.98. The second-order valence-electron chi connectivity index (χ2n) is 7.18. The maximum absolute atomic E-state index is 11.6. The molecule has 1 heterocycles. The molecular formula is C23H22BrN3O8. The van der Waals surface area contributed by atoms with Crippen molar-refractivity contribution in [1.82, 2.24) is 15.0 Å². The van der Waals surface area contributed by atoms with Gasteiger partial charge in [0.25, 0.3) is 0 Å². The largest absolute Gasteiger partial charge is 0.507 e. The number of carbonyl (C=O) groups is 2.